The molecule has 1 aromatic rings. The van der Waals surface area contributed by atoms with Crippen molar-refractivity contribution in [3.8, 4) is 0 Å². The van der Waals surface area contributed by atoms with Crippen LogP contribution in [0, 0.1) is 0 Å². The van der Waals surface area contributed by atoms with Gasteiger partial charge >= 0.3 is 12.0 Å². The molecule has 18 heavy (non-hydrogen) atoms. The molecule has 98 valence electrons. The van der Waals surface area contributed by atoms with Gasteiger partial charge in [-0.05, 0) is 12.8 Å². The van der Waals surface area contributed by atoms with Gasteiger partial charge in [-0.3, -0.25) is 9.89 Å². The minimum atomic E-state index is -0.980. The lowest BCUT2D eigenvalue weighted by Gasteiger charge is -2.26. The largest absolute Gasteiger partial charge is 0.480 e. The van der Waals surface area contributed by atoms with Gasteiger partial charge in [-0.15, -0.1) is 0 Å². The quantitative estimate of drug-likeness (QED) is 0.799. The van der Waals surface area contributed by atoms with Gasteiger partial charge in [0, 0.05) is 24.8 Å². The van der Waals surface area contributed by atoms with Gasteiger partial charge in [0.05, 0.1) is 12.7 Å². The zero-order valence-electron chi connectivity index (χ0n) is 10.2. The van der Waals surface area contributed by atoms with E-state index in [0.717, 1.165) is 18.4 Å². The number of amides is 2. The Kier molecular flexibility index (Phi) is 3.50. The first-order valence-electron chi connectivity index (χ1n) is 5.79. The summed E-state index contributed by atoms with van der Waals surface area (Å²) < 4.78 is 0. The monoisotopic (exact) mass is 252 g/mol. The summed E-state index contributed by atoms with van der Waals surface area (Å²) >= 11 is 0. The van der Waals surface area contributed by atoms with Gasteiger partial charge in [-0.25, -0.2) is 4.79 Å². The Hall–Kier alpha value is -2.05. The third-order valence-electron chi connectivity index (χ3n) is 2.84. The number of H-pyrrole nitrogens is 1. The van der Waals surface area contributed by atoms with Crippen LogP contribution in [0.4, 0.5) is 4.79 Å². The Bertz CT molecular complexity index is 428. The summed E-state index contributed by atoms with van der Waals surface area (Å²) in [7, 11) is 1.66. The van der Waals surface area contributed by atoms with E-state index in [-0.39, 0.29) is 18.6 Å². The van der Waals surface area contributed by atoms with Gasteiger partial charge < -0.3 is 14.9 Å². The number of aromatic amines is 1. The first kappa shape index (κ1) is 12.4. The zero-order valence-corrected chi connectivity index (χ0v) is 10.2. The second-order valence-electron chi connectivity index (χ2n) is 4.50. The van der Waals surface area contributed by atoms with Crippen molar-refractivity contribution in [2.75, 3.05) is 13.6 Å². The molecule has 0 spiro atoms. The maximum atomic E-state index is 12.1. The molecule has 1 fully saturated rings. The predicted molar refractivity (Wildman–Crippen MR) is 62.8 cm³/mol. The number of carboxylic acid groups (broad SMARTS) is 1. The Morgan fingerprint density at radius 3 is 2.78 bits per heavy atom. The molecule has 1 saturated carbocycles. The van der Waals surface area contributed by atoms with E-state index in [9.17, 15) is 9.59 Å². The predicted octanol–water partition coefficient (Wildman–Crippen LogP) is 0.510. The van der Waals surface area contributed by atoms with Crippen molar-refractivity contribution in [3.05, 3.63) is 18.0 Å². The number of aliphatic carboxylic acids is 1. The molecule has 0 bridgehead atoms. The fourth-order valence-electron chi connectivity index (χ4n) is 1.81. The molecular formula is C11H16N4O3. The third-order valence-corrected chi connectivity index (χ3v) is 2.84. The van der Waals surface area contributed by atoms with Crippen molar-refractivity contribution in [2.45, 2.75) is 25.4 Å². The zero-order chi connectivity index (χ0) is 13.1. The van der Waals surface area contributed by atoms with Gasteiger partial charge in [0.25, 0.3) is 0 Å². The van der Waals surface area contributed by atoms with Crippen LogP contribution >= 0.6 is 0 Å². The second-order valence-corrected chi connectivity index (χ2v) is 4.50. The van der Waals surface area contributed by atoms with Gasteiger partial charge in [-0.1, -0.05) is 0 Å². The van der Waals surface area contributed by atoms with E-state index >= 15 is 0 Å². The number of carbonyl (C=O) groups is 2. The summed E-state index contributed by atoms with van der Waals surface area (Å²) in [6.07, 6.45) is 5.13. The number of carbonyl (C=O) groups excluding carboxylic acids is 1. The van der Waals surface area contributed by atoms with Crippen LogP contribution in [0.15, 0.2) is 12.4 Å². The average Bonchev–Trinajstić information content (AvgIpc) is 3.04. The van der Waals surface area contributed by atoms with E-state index in [1.54, 1.807) is 19.4 Å². The van der Waals surface area contributed by atoms with E-state index < -0.39 is 5.97 Å². The van der Waals surface area contributed by atoms with E-state index in [2.05, 4.69) is 10.2 Å². The molecule has 1 aromatic heterocycles. The van der Waals surface area contributed by atoms with Crippen molar-refractivity contribution in [1.29, 1.82) is 0 Å². The standard InChI is InChI=1S/C11H16N4O3/c1-14(6-8-4-12-13-5-8)11(18)15(7-10(16)17)9-2-3-9/h4-5,9H,2-3,6-7H2,1H3,(H,12,13)(H,16,17). The summed E-state index contributed by atoms with van der Waals surface area (Å²) in [5, 5.41) is 15.3. The Balaban J connectivity index is 1.96. The molecule has 2 amide bonds. The van der Waals surface area contributed by atoms with Crippen LogP contribution in [0.3, 0.4) is 0 Å². The topological polar surface area (TPSA) is 89.5 Å². The van der Waals surface area contributed by atoms with Crippen LogP contribution in [0.1, 0.15) is 18.4 Å². The molecular weight excluding hydrogens is 236 g/mol. The first-order chi connectivity index (χ1) is 8.58. The van der Waals surface area contributed by atoms with Crippen LogP contribution < -0.4 is 0 Å². The summed E-state index contributed by atoms with van der Waals surface area (Å²) in [4.78, 5) is 25.8. The number of nitrogens with one attached hydrogen (secondary N) is 1. The molecule has 1 heterocycles. The fraction of sp³-hybridized carbons (Fsp3) is 0.545. The molecule has 1 aliphatic rings. The Morgan fingerprint density at radius 1 is 1.56 bits per heavy atom. The molecule has 7 nitrogen and oxygen atoms in total. The van der Waals surface area contributed by atoms with Gasteiger partial charge in [0.1, 0.15) is 6.54 Å². The second kappa shape index (κ2) is 5.07. The SMILES string of the molecule is CN(Cc1cn[nH]c1)C(=O)N(CC(=O)O)C1CC1. The molecule has 0 aliphatic heterocycles. The molecule has 2 rings (SSSR count). The minimum Gasteiger partial charge on any atom is -0.480 e. The van der Waals surface area contributed by atoms with Crippen LogP contribution in [-0.4, -0.2) is 56.7 Å². The normalized spacial score (nSPS) is 14.3. The van der Waals surface area contributed by atoms with Crippen molar-refractivity contribution in [2.24, 2.45) is 0 Å². The third kappa shape index (κ3) is 2.99. The maximum absolute atomic E-state index is 12.1. The van der Waals surface area contributed by atoms with Gasteiger partial charge in [0.2, 0.25) is 0 Å². The van der Waals surface area contributed by atoms with Gasteiger partial charge in [0.15, 0.2) is 0 Å². The van der Waals surface area contributed by atoms with Gasteiger partial charge in [-0.2, -0.15) is 5.10 Å². The van der Waals surface area contributed by atoms with Crippen LogP contribution in [0.5, 0.6) is 0 Å². The van der Waals surface area contributed by atoms with E-state index in [1.807, 2.05) is 0 Å². The van der Waals surface area contributed by atoms with E-state index in [0.29, 0.717) is 6.54 Å². The van der Waals surface area contributed by atoms with Crippen LogP contribution in [0.25, 0.3) is 0 Å². The molecule has 2 N–H and O–H groups in total. The smallest absolute Gasteiger partial charge is 0.323 e. The highest BCUT2D eigenvalue weighted by Crippen LogP contribution is 2.27. The lowest BCUT2D eigenvalue weighted by molar-refractivity contribution is -0.137. The number of nitrogens with zero attached hydrogens (tertiary/aromatic N) is 3. The number of aromatic nitrogens is 2. The summed E-state index contributed by atoms with van der Waals surface area (Å²) in [6, 6.07) is -0.165. The maximum Gasteiger partial charge on any atom is 0.323 e. The molecule has 1 aliphatic carbocycles. The molecule has 0 aromatic carbocycles. The minimum absolute atomic E-state index is 0.0837. The number of rotatable bonds is 5. The number of hydrogen-bond acceptors (Lipinski definition) is 3. The summed E-state index contributed by atoms with van der Waals surface area (Å²) in [5.41, 5.74) is 0.886. The van der Waals surface area contributed by atoms with Crippen LogP contribution in [0.2, 0.25) is 0 Å². The molecule has 0 unspecified atom stereocenters. The van der Waals surface area contributed by atoms with Crippen molar-refractivity contribution in [1.82, 2.24) is 20.0 Å². The average molecular weight is 252 g/mol. The molecule has 0 saturated heterocycles. The highest BCUT2D eigenvalue weighted by atomic mass is 16.4. The number of carboxylic acids is 1. The number of urea groups is 1. The fourth-order valence-corrected chi connectivity index (χ4v) is 1.81. The molecule has 0 radical (unpaired) electrons. The highest BCUT2D eigenvalue weighted by Gasteiger charge is 2.35. The van der Waals surface area contributed by atoms with E-state index in [4.69, 9.17) is 5.11 Å². The lowest BCUT2D eigenvalue weighted by atomic mass is 10.3. The van der Waals surface area contributed by atoms with E-state index in [1.165, 1.54) is 9.80 Å². The van der Waals surface area contributed by atoms with Crippen molar-refractivity contribution < 1.29 is 14.7 Å². The molecule has 0 atom stereocenters. The highest BCUT2D eigenvalue weighted by molar-refractivity contribution is 5.80. The summed E-state index contributed by atoms with van der Waals surface area (Å²) in [5.74, 6) is -0.980. The Morgan fingerprint density at radius 2 is 2.28 bits per heavy atom. The lowest BCUT2D eigenvalue weighted by Crippen LogP contribution is -2.44. The Labute approximate surface area is 104 Å². The first-order valence-corrected chi connectivity index (χ1v) is 5.79. The summed E-state index contributed by atoms with van der Waals surface area (Å²) in [6.45, 7) is 0.178. The number of hydrogen-bond donors (Lipinski definition) is 2. The van der Waals surface area contributed by atoms with Crippen molar-refractivity contribution >= 4 is 12.0 Å². The van der Waals surface area contributed by atoms with Crippen molar-refractivity contribution in [3.63, 3.8) is 0 Å². The molecule has 7 heteroatoms. The van der Waals surface area contributed by atoms with Crippen LogP contribution in [-0.2, 0) is 11.3 Å².